The Kier molecular flexibility index (Phi) is 15.5. The summed E-state index contributed by atoms with van der Waals surface area (Å²) in [6.45, 7) is 16.7. The maximum absolute atomic E-state index is 14.6. The molecule has 11 atom stereocenters. The van der Waals surface area contributed by atoms with Crippen molar-refractivity contribution in [1.82, 2.24) is 5.01 Å². The molecule has 4 heterocycles. The zero-order valence-corrected chi connectivity index (χ0v) is 40.3. The Morgan fingerprint density at radius 3 is 2.19 bits per heavy atom. The molecule has 1 amide bonds. The van der Waals surface area contributed by atoms with Crippen LogP contribution in [0.1, 0.15) is 102 Å². The highest BCUT2D eigenvalue weighted by atomic mass is 16.7. The number of aliphatic hydroxyl groups is 2. The highest BCUT2D eigenvalue weighted by Crippen LogP contribution is 2.55. The van der Waals surface area contributed by atoms with Crippen molar-refractivity contribution in [3.63, 3.8) is 0 Å². The highest BCUT2D eigenvalue weighted by Gasteiger charge is 2.50. The van der Waals surface area contributed by atoms with Crippen LogP contribution in [0.15, 0.2) is 71.6 Å². The number of hydrogen-bond acceptors (Lipinski definition) is 14. The van der Waals surface area contributed by atoms with Gasteiger partial charge in [0.05, 0.1) is 53.0 Å². The van der Waals surface area contributed by atoms with Crippen molar-refractivity contribution in [2.45, 2.75) is 131 Å². The fraction of sp³-hybridized carbons (Fsp3) is 0.500. The predicted molar refractivity (Wildman–Crippen MR) is 255 cm³/mol. The number of ether oxygens (including phenoxy) is 4. The summed E-state index contributed by atoms with van der Waals surface area (Å²) in [6, 6.07) is 10.2. The number of fused-ring (bicyclic) bond motifs is 14. The van der Waals surface area contributed by atoms with Crippen LogP contribution in [0.4, 0.5) is 5.69 Å². The number of nitrogens with zero attached hydrogens (tertiary/aromatic N) is 2. The summed E-state index contributed by atoms with van der Waals surface area (Å²) >= 11 is 0. The summed E-state index contributed by atoms with van der Waals surface area (Å²) in [4.78, 5) is 41.1. The van der Waals surface area contributed by atoms with Crippen LogP contribution in [0.2, 0.25) is 0 Å². The van der Waals surface area contributed by atoms with Crippen LogP contribution in [0.25, 0.3) is 10.8 Å². The summed E-state index contributed by atoms with van der Waals surface area (Å²) in [5.41, 5.74) is 0.900. The lowest BCUT2D eigenvalue weighted by molar-refractivity contribution is -0.160. The van der Waals surface area contributed by atoms with Gasteiger partial charge >= 0.3 is 11.8 Å². The van der Waals surface area contributed by atoms with Gasteiger partial charge in [-0.15, -0.1) is 0 Å². The SMILES string of the molecule is COC1/C=C/OC2(C)Oc3c(C)c(O)c4c(O)c(c(/C=N/N5C(C)CC(Cc6ccccc6)CC5C)c(O)c4c3C2=O)NC(=O)/C(C)=C\C=C\C(C)C(O)C(C)C(O)C(C)C(OC(C)=O)C1C. The smallest absolute Gasteiger partial charge is 0.312 e. The molecule has 3 aromatic rings. The lowest BCUT2D eigenvalue weighted by atomic mass is 9.78. The molecule has 0 radical (unpaired) electrons. The Morgan fingerprint density at radius 2 is 1.57 bits per heavy atom. The van der Waals surface area contributed by atoms with Crippen molar-refractivity contribution in [3.8, 4) is 23.0 Å². The second kappa shape index (κ2) is 20.5. The summed E-state index contributed by atoms with van der Waals surface area (Å²) in [5, 5.41) is 68.3. The third-order valence-electron chi connectivity index (χ3n) is 14.0. The van der Waals surface area contributed by atoms with E-state index < -0.39 is 88.8 Å². The summed E-state index contributed by atoms with van der Waals surface area (Å²) in [6.07, 6.45) is 7.51. The molecule has 4 aliphatic heterocycles. The van der Waals surface area contributed by atoms with Crippen LogP contribution in [0, 0.1) is 36.5 Å². The quantitative estimate of drug-likeness (QED) is 0.0603. The summed E-state index contributed by atoms with van der Waals surface area (Å²) in [7, 11) is 1.44. The van der Waals surface area contributed by atoms with Crippen LogP contribution >= 0.6 is 0 Å². The number of anilines is 1. The van der Waals surface area contributed by atoms with Gasteiger partial charge in [0.2, 0.25) is 0 Å². The van der Waals surface area contributed by atoms with E-state index in [0.717, 1.165) is 19.3 Å². The van der Waals surface area contributed by atoms with Crippen LogP contribution in [0.5, 0.6) is 23.0 Å². The molecule has 1 fully saturated rings. The Bertz CT molecular complexity index is 2450. The molecule has 0 spiro atoms. The van der Waals surface area contributed by atoms with Gasteiger partial charge in [0.25, 0.3) is 11.7 Å². The number of esters is 1. The number of nitrogens with one attached hydrogen (secondary N) is 1. The zero-order chi connectivity index (χ0) is 49.2. The van der Waals surface area contributed by atoms with E-state index in [1.54, 1.807) is 39.8 Å². The van der Waals surface area contributed by atoms with E-state index >= 15 is 0 Å². The topological polar surface area (TPSA) is 217 Å². The van der Waals surface area contributed by atoms with Crippen molar-refractivity contribution in [1.29, 1.82) is 0 Å². The van der Waals surface area contributed by atoms with E-state index in [9.17, 15) is 39.9 Å². The zero-order valence-electron chi connectivity index (χ0n) is 40.3. The van der Waals surface area contributed by atoms with Gasteiger partial charge in [0.1, 0.15) is 23.4 Å². The standard InChI is InChI=1S/C52H67N3O12/c1-26-16-15-17-27(2)51(63)54-42-37(25-53-55-28(3)22-36(23-29(55)4)24-35-18-13-12-14-19-35)46(60)39-40(47(42)61)45(59)33(8)49-41(39)50(62)52(10,67-49)65-21-20-38(64-11)30(5)48(66-34(9)56)32(7)44(58)31(6)43(26)57/h12-21,25-26,28-32,36,38,43-44,48,57-61H,22-24H2,1-11H3,(H,54,63)/b16-15+,21-20+,27-17-,53-25+. The average Bonchev–Trinajstić information content (AvgIpc) is 3.55. The average molecular weight is 926 g/mol. The van der Waals surface area contributed by atoms with Crippen molar-refractivity contribution in [3.05, 3.63) is 88.7 Å². The molecule has 15 heteroatoms. The number of benzene rings is 3. The molecule has 0 aliphatic carbocycles. The molecule has 3 aromatic carbocycles. The third kappa shape index (κ3) is 10.2. The Balaban J connectivity index is 1.49. The monoisotopic (exact) mass is 925 g/mol. The number of phenols is 3. The minimum atomic E-state index is -2.06. The highest BCUT2D eigenvalue weighted by molar-refractivity contribution is 6.23. The number of hydrogen-bond donors (Lipinski definition) is 6. The number of carbonyl (C=O) groups excluding carboxylic acids is 3. The van der Waals surface area contributed by atoms with Gasteiger partial charge in [0.15, 0.2) is 5.75 Å². The maximum atomic E-state index is 14.6. The molecule has 362 valence electrons. The summed E-state index contributed by atoms with van der Waals surface area (Å²) < 4.78 is 23.8. The van der Waals surface area contributed by atoms with Crippen molar-refractivity contribution < 1.29 is 58.9 Å². The number of ketones is 1. The summed E-state index contributed by atoms with van der Waals surface area (Å²) in [5.74, 6) is -8.01. The number of methoxy groups -OCH3 is 1. The number of phenolic OH excluding ortho intramolecular Hbond substituents is 3. The first kappa shape index (κ1) is 50.5. The Hall–Kier alpha value is -5.90. The second-order valence-electron chi connectivity index (χ2n) is 19.0. The molecule has 15 nitrogen and oxygen atoms in total. The minimum Gasteiger partial charge on any atom is -0.507 e. The van der Waals surface area contributed by atoms with Crippen molar-refractivity contribution >= 4 is 40.3 Å². The number of rotatable bonds is 6. The first-order valence-corrected chi connectivity index (χ1v) is 23.1. The fourth-order valence-electron chi connectivity index (χ4n) is 10.1. The lowest BCUT2D eigenvalue weighted by Gasteiger charge is -2.41. The molecule has 4 aliphatic rings. The molecule has 0 saturated carbocycles. The number of hydrazone groups is 1. The fourth-order valence-corrected chi connectivity index (χ4v) is 10.1. The van der Waals surface area contributed by atoms with E-state index in [2.05, 4.69) is 31.3 Å². The number of allylic oxidation sites excluding steroid dienone is 2. The van der Waals surface area contributed by atoms with Crippen molar-refractivity contribution in [2.75, 3.05) is 12.4 Å². The molecule has 0 aromatic heterocycles. The number of carbonyl (C=O) groups is 3. The van der Waals surface area contributed by atoms with E-state index in [0.29, 0.717) is 5.92 Å². The van der Waals surface area contributed by atoms with Gasteiger partial charge in [-0.25, -0.2) is 0 Å². The molecule has 7 rings (SSSR count). The molecule has 11 unspecified atom stereocenters. The second-order valence-corrected chi connectivity index (χ2v) is 19.0. The minimum absolute atomic E-state index is 0.0328. The van der Waals surface area contributed by atoms with E-state index in [4.69, 9.17) is 24.0 Å². The maximum Gasteiger partial charge on any atom is 0.312 e. The van der Waals surface area contributed by atoms with Crippen LogP contribution in [0.3, 0.4) is 0 Å². The molecule has 6 N–H and O–H groups in total. The van der Waals surface area contributed by atoms with E-state index in [-0.39, 0.29) is 56.6 Å². The molecular formula is C52H67N3O12. The van der Waals surface area contributed by atoms with E-state index in [1.807, 2.05) is 23.2 Å². The number of amides is 1. The van der Waals surface area contributed by atoms with Gasteiger partial charge in [-0.05, 0) is 64.5 Å². The molecule has 1 saturated heterocycles. The number of piperidine rings is 1. The Morgan fingerprint density at radius 1 is 0.910 bits per heavy atom. The van der Waals surface area contributed by atoms with Gasteiger partial charge in [-0.3, -0.25) is 19.4 Å². The van der Waals surface area contributed by atoms with Gasteiger partial charge < -0.3 is 49.8 Å². The Labute approximate surface area is 392 Å². The number of Topliss-reactive ketones (excluding diaryl/α,β-unsaturated/α-hetero) is 1. The predicted octanol–water partition coefficient (Wildman–Crippen LogP) is 7.82. The molecule has 67 heavy (non-hydrogen) atoms. The molecule has 5 bridgehead atoms. The van der Waals surface area contributed by atoms with Gasteiger partial charge in [-0.1, -0.05) is 76.3 Å². The largest absolute Gasteiger partial charge is 0.507 e. The first-order valence-electron chi connectivity index (χ1n) is 23.1. The third-order valence-corrected chi connectivity index (χ3v) is 14.0. The van der Waals surface area contributed by atoms with Gasteiger partial charge in [0, 0.05) is 73.2 Å². The number of aliphatic hydroxyl groups excluding tert-OH is 2. The van der Waals surface area contributed by atoms with Crippen LogP contribution < -0.4 is 10.1 Å². The molecular weight excluding hydrogens is 859 g/mol. The van der Waals surface area contributed by atoms with Gasteiger partial charge in [-0.2, -0.15) is 5.10 Å². The van der Waals surface area contributed by atoms with Crippen LogP contribution in [-0.2, 0) is 30.2 Å². The first-order chi connectivity index (χ1) is 31.6. The lowest BCUT2D eigenvalue weighted by Crippen LogP contribution is -2.46. The van der Waals surface area contributed by atoms with Crippen LogP contribution in [-0.4, -0.2) is 104 Å². The van der Waals surface area contributed by atoms with E-state index in [1.165, 1.54) is 65.0 Å². The normalized spacial score (nSPS) is 32.6. The number of aromatic hydroxyl groups is 3. The van der Waals surface area contributed by atoms with Crippen molar-refractivity contribution in [2.24, 2.45) is 34.7 Å².